The number of halogens is 1. The Balaban J connectivity index is 1.37. The molecular formula is C24H24ClN5O3S. The highest BCUT2D eigenvalue weighted by Crippen LogP contribution is 2.40. The molecule has 1 saturated carbocycles. The van der Waals surface area contributed by atoms with Crippen molar-refractivity contribution in [2.45, 2.75) is 49.6 Å². The quantitative estimate of drug-likeness (QED) is 0.246. The zero-order chi connectivity index (χ0) is 23.5. The highest BCUT2D eigenvalue weighted by molar-refractivity contribution is 7.99. The van der Waals surface area contributed by atoms with E-state index in [9.17, 15) is 0 Å². The maximum Gasteiger partial charge on any atom is 0.239 e. The van der Waals surface area contributed by atoms with Crippen LogP contribution in [0.5, 0.6) is 11.5 Å². The maximum absolute atomic E-state index is 6.12. The van der Waals surface area contributed by atoms with Crippen molar-refractivity contribution in [3.8, 4) is 17.2 Å². The van der Waals surface area contributed by atoms with Gasteiger partial charge in [-0.05, 0) is 75.2 Å². The first kappa shape index (κ1) is 22.7. The van der Waals surface area contributed by atoms with Crippen molar-refractivity contribution < 1.29 is 14.0 Å². The van der Waals surface area contributed by atoms with Gasteiger partial charge in [0.2, 0.25) is 5.89 Å². The topological polar surface area (TPSA) is 88.1 Å². The van der Waals surface area contributed by atoms with Crippen LogP contribution in [-0.4, -0.2) is 31.5 Å². The fraction of sp³-hybridized carbons (Fsp3) is 0.333. The van der Waals surface area contributed by atoms with Crippen LogP contribution in [0.25, 0.3) is 5.69 Å². The molecule has 34 heavy (non-hydrogen) atoms. The lowest BCUT2D eigenvalue weighted by atomic mass is 10.3. The number of ether oxygens (including phenoxy) is 2. The molecule has 0 bridgehead atoms. The molecule has 4 aromatic rings. The first-order valence-corrected chi connectivity index (χ1v) is 12.4. The van der Waals surface area contributed by atoms with Crippen molar-refractivity contribution >= 4 is 23.4 Å². The average molecular weight is 498 g/mol. The monoisotopic (exact) mass is 497 g/mol. The summed E-state index contributed by atoms with van der Waals surface area (Å²) in [4.78, 5) is 4.58. The van der Waals surface area contributed by atoms with Gasteiger partial charge in [-0.15, -0.1) is 10.2 Å². The van der Waals surface area contributed by atoms with Crippen LogP contribution >= 0.6 is 23.4 Å². The van der Waals surface area contributed by atoms with E-state index in [0.29, 0.717) is 34.4 Å². The fourth-order valence-electron chi connectivity index (χ4n) is 3.39. The van der Waals surface area contributed by atoms with Gasteiger partial charge in [0.1, 0.15) is 18.1 Å². The second-order valence-corrected chi connectivity index (χ2v) is 9.67. The minimum absolute atomic E-state index is 0.0878. The second kappa shape index (κ2) is 10.1. The zero-order valence-electron chi connectivity index (χ0n) is 18.8. The molecule has 1 fully saturated rings. The van der Waals surface area contributed by atoms with Gasteiger partial charge in [-0.1, -0.05) is 28.5 Å². The molecule has 1 unspecified atom stereocenters. The van der Waals surface area contributed by atoms with Crippen molar-refractivity contribution in [3.05, 3.63) is 71.1 Å². The lowest BCUT2D eigenvalue weighted by Crippen LogP contribution is -2.07. The number of nitrogens with zero attached hydrogens (tertiary/aromatic N) is 5. The maximum atomic E-state index is 6.12. The summed E-state index contributed by atoms with van der Waals surface area (Å²) in [6.45, 7) is 4.83. The summed E-state index contributed by atoms with van der Waals surface area (Å²) >= 11 is 7.62. The molecule has 0 saturated heterocycles. The molecule has 1 aliphatic rings. The predicted molar refractivity (Wildman–Crippen MR) is 129 cm³/mol. The normalized spacial score (nSPS) is 14.2. The van der Waals surface area contributed by atoms with Crippen LogP contribution in [0.2, 0.25) is 5.02 Å². The fourth-order valence-corrected chi connectivity index (χ4v) is 4.44. The van der Waals surface area contributed by atoms with Crippen LogP contribution in [0.3, 0.4) is 0 Å². The SMILES string of the molecule is CCOc1ccc(OCc2nnc(SC(C)c3nc(C4CC4)no3)n2-c2ccc(Cl)cc2)cc1. The molecule has 1 atom stereocenters. The highest BCUT2D eigenvalue weighted by Gasteiger charge is 2.30. The van der Waals surface area contributed by atoms with Gasteiger partial charge >= 0.3 is 0 Å². The molecule has 5 rings (SSSR count). The largest absolute Gasteiger partial charge is 0.494 e. The molecule has 2 heterocycles. The Morgan fingerprint density at radius 3 is 2.44 bits per heavy atom. The van der Waals surface area contributed by atoms with Gasteiger partial charge in [0.05, 0.1) is 11.9 Å². The molecule has 1 aliphatic carbocycles. The van der Waals surface area contributed by atoms with E-state index in [4.69, 9.17) is 25.6 Å². The number of rotatable bonds is 10. The molecule has 8 nitrogen and oxygen atoms in total. The summed E-state index contributed by atoms with van der Waals surface area (Å²) in [6.07, 6.45) is 2.26. The van der Waals surface area contributed by atoms with Gasteiger partial charge in [0.25, 0.3) is 0 Å². The zero-order valence-corrected chi connectivity index (χ0v) is 20.4. The summed E-state index contributed by atoms with van der Waals surface area (Å²) in [5, 5.41) is 14.2. The molecule has 0 radical (unpaired) electrons. The van der Waals surface area contributed by atoms with Crippen LogP contribution in [0.1, 0.15) is 55.4 Å². The molecule has 2 aromatic heterocycles. The number of aromatic nitrogens is 5. The minimum Gasteiger partial charge on any atom is -0.494 e. The summed E-state index contributed by atoms with van der Waals surface area (Å²) in [5.74, 6) is 4.01. The van der Waals surface area contributed by atoms with Crippen molar-refractivity contribution in [2.24, 2.45) is 0 Å². The Morgan fingerprint density at radius 1 is 1.06 bits per heavy atom. The Labute approximate surface area is 206 Å². The lowest BCUT2D eigenvalue weighted by Gasteiger charge is -2.13. The van der Waals surface area contributed by atoms with E-state index >= 15 is 0 Å². The van der Waals surface area contributed by atoms with E-state index in [-0.39, 0.29) is 11.9 Å². The Hall–Kier alpha value is -3.04. The van der Waals surface area contributed by atoms with E-state index in [1.165, 1.54) is 11.8 Å². The van der Waals surface area contributed by atoms with Crippen LogP contribution in [0.15, 0.2) is 58.2 Å². The van der Waals surface area contributed by atoms with Gasteiger partial charge in [-0.3, -0.25) is 4.57 Å². The van der Waals surface area contributed by atoms with Gasteiger partial charge in [0.15, 0.2) is 16.8 Å². The third-order valence-corrected chi connectivity index (χ3v) is 6.60. The van der Waals surface area contributed by atoms with E-state index in [1.54, 1.807) is 0 Å². The van der Waals surface area contributed by atoms with Crippen LogP contribution in [-0.2, 0) is 6.61 Å². The third-order valence-electron chi connectivity index (χ3n) is 5.32. The molecule has 0 aliphatic heterocycles. The van der Waals surface area contributed by atoms with Crippen molar-refractivity contribution in [3.63, 3.8) is 0 Å². The number of thioether (sulfide) groups is 1. The number of hydrogen-bond donors (Lipinski definition) is 0. The summed E-state index contributed by atoms with van der Waals surface area (Å²) < 4.78 is 19.0. The second-order valence-electron chi connectivity index (χ2n) is 7.93. The lowest BCUT2D eigenvalue weighted by molar-refractivity contribution is 0.291. The van der Waals surface area contributed by atoms with Gasteiger partial charge in [-0.25, -0.2) is 0 Å². The molecule has 0 amide bonds. The summed E-state index contributed by atoms with van der Waals surface area (Å²) in [7, 11) is 0. The molecule has 2 aromatic carbocycles. The van der Waals surface area contributed by atoms with Crippen LogP contribution in [0.4, 0.5) is 0 Å². The molecular weight excluding hydrogens is 474 g/mol. The highest BCUT2D eigenvalue weighted by atomic mass is 35.5. The molecule has 0 spiro atoms. The predicted octanol–water partition coefficient (Wildman–Crippen LogP) is 6.01. The van der Waals surface area contributed by atoms with Crippen molar-refractivity contribution in [1.82, 2.24) is 24.9 Å². The van der Waals surface area contributed by atoms with E-state index in [0.717, 1.165) is 35.9 Å². The Morgan fingerprint density at radius 2 is 1.76 bits per heavy atom. The van der Waals surface area contributed by atoms with Gasteiger partial charge in [-0.2, -0.15) is 4.98 Å². The number of hydrogen-bond acceptors (Lipinski definition) is 8. The van der Waals surface area contributed by atoms with E-state index in [1.807, 2.05) is 66.9 Å². The molecule has 10 heteroatoms. The summed E-state index contributed by atoms with van der Waals surface area (Å²) in [6, 6.07) is 15.0. The molecule has 0 N–H and O–H groups in total. The Kier molecular flexibility index (Phi) is 6.73. The van der Waals surface area contributed by atoms with Crippen molar-refractivity contribution in [1.29, 1.82) is 0 Å². The molecule has 176 valence electrons. The third kappa shape index (κ3) is 5.20. The summed E-state index contributed by atoms with van der Waals surface area (Å²) in [5.41, 5.74) is 0.888. The van der Waals surface area contributed by atoms with Gasteiger partial charge in [0, 0.05) is 16.6 Å². The smallest absolute Gasteiger partial charge is 0.239 e. The van der Waals surface area contributed by atoms with Crippen molar-refractivity contribution in [2.75, 3.05) is 6.61 Å². The van der Waals surface area contributed by atoms with Crippen LogP contribution < -0.4 is 9.47 Å². The first-order valence-electron chi connectivity index (χ1n) is 11.2. The number of benzene rings is 2. The van der Waals surface area contributed by atoms with E-state index in [2.05, 4.69) is 20.3 Å². The Bertz CT molecular complexity index is 1240. The van der Waals surface area contributed by atoms with Gasteiger partial charge < -0.3 is 14.0 Å². The standard InChI is InChI=1S/C24H24ClN5O3S/c1-3-31-19-10-12-20(13-11-19)32-14-21-27-28-24(30(21)18-8-6-17(25)7-9-18)34-15(2)23-26-22(29-33-23)16-4-5-16/h6-13,15-16H,3-5,14H2,1-2H3. The minimum atomic E-state index is -0.0878. The first-order chi connectivity index (χ1) is 16.6. The van der Waals surface area contributed by atoms with Crippen LogP contribution in [0, 0.1) is 0 Å². The van der Waals surface area contributed by atoms with E-state index < -0.39 is 0 Å². The average Bonchev–Trinajstić information content (AvgIpc) is 3.44.